The molecular weight excluding hydrogens is 721 g/mol. The Morgan fingerprint density at radius 1 is 0.561 bits per heavy atom. The highest BCUT2D eigenvalue weighted by atomic mass is 16.5. The van der Waals surface area contributed by atoms with Crippen molar-refractivity contribution >= 4 is 57.8 Å². The third-order valence-corrected chi connectivity index (χ3v) is 11.9. The second-order valence-electron chi connectivity index (χ2n) is 14.9. The van der Waals surface area contributed by atoms with Gasteiger partial charge in [0.05, 0.1) is 49.3 Å². The van der Waals surface area contributed by atoms with Crippen molar-refractivity contribution in [3.63, 3.8) is 0 Å². The molecule has 2 aliphatic carbocycles. The molecule has 2 aliphatic heterocycles. The molecule has 0 aromatic heterocycles. The van der Waals surface area contributed by atoms with Crippen LogP contribution in [0, 0.1) is 29.6 Å². The Hall–Kier alpha value is -6.88. The molecule has 11 nitrogen and oxygen atoms in total. The highest BCUT2D eigenvalue weighted by molar-refractivity contribution is 6.24. The molecule has 0 bridgehead atoms. The van der Waals surface area contributed by atoms with Crippen LogP contribution in [0.3, 0.4) is 0 Å². The van der Waals surface area contributed by atoms with Crippen LogP contribution >= 0.6 is 0 Å². The van der Waals surface area contributed by atoms with Gasteiger partial charge in [0, 0.05) is 46.4 Å². The summed E-state index contributed by atoms with van der Waals surface area (Å²) in [5.74, 6) is -5.23. The minimum atomic E-state index is -0.862. The number of fused-ring (bicyclic) bond motifs is 4. The van der Waals surface area contributed by atoms with Gasteiger partial charge in [-0.2, -0.15) is 0 Å². The number of aromatic hydroxyl groups is 1. The van der Waals surface area contributed by atoms with E-state index in [1.54, 1.807) is 24.3 Å². The first-order chi connectivity index (χ1) is 27.7. The van der Waals surface area contributed by atoms with Crippen molar-refractivity contribution in [1.82, 2.24) is 0 Å². The number of allylic oxidation sites excluding steroid dienone is 2. The molecule has 0 unspecified atom stereocenters. The summed E-state index contributed by atoms with van der Waals surface area (Å²) in [6.45, 7) is 0. The molecule has 4 amide bonds. The number of rotatable bonds is 9. The third kappa shape index (κ3) is 6.06. The Morgan fingerprint density at radius 2 is 1.02 bits per heavy atom. The number of phenols is 1. The van der Waals surface area contributed by atoms with Crippen LogP contribution in [0.1, 0.15) is 24.3 Å². The van der Waals surface area contributed by atoms with Crippen LogP contribution in [0.4, 0.5) is 34.1 Å². The summed E-state index contributed by atoms with van der Waals surface area (Å²) in [5.41, 5.74) is 5.59. The maximum absolute atomic E-state index is 14.8. The number of anilines is 6. The molecule has 3 fully saturated rings. The first-order valence-electron chi connectivity index (χ1n) is 19.0. The maximum Gasteiger partial charge on any atom is 0.238 e. The summed E-state index contributed by atoms with van der Waals surface area (Å²) in [5, 5.41) is 17.3. The van der Waals surface area contributed by atoms with Crippen LogP contribution in [0.15, 0.2) is 133 Å². The number of carbonyl (C=O) groups excluding carboxylic acids is 4. The van der Waals surface area contributed by atoms with Gasteiger partial charge in [0.15, 0.2) is 0 Å². The standard InChI is InChI=1S/C46H40N4O7/c1-56-37-23-32(51)24-38(57-2)42(37)40-33-21-22-34-39(45(54)49(43(34)52)30-17-13-28(14-18-30)47-26-9-5-3-6-10-26)35(33)25-36-41(40)46(55)50(44(36)53)31-19-15-29(16-20-31)48-27-11-7-4-8-12-27/h3-21,23-24,34-36,39-41,47-48,51H,22,25H2,1-2H3/t34-,35+,36+,39-,40-,41+/m0/s1. The fourth-order valence-electron chi connectivity index (χ4n) is 9.41. The minimum absolute atomic E-state index is 0.0918. The van der Waals surface area contributed by atoms with E-state index in [9.17, 15) is 24.3 Å². The van der Waals surface area contributed by atoms with E-state index >= 15 is 0 Å². The van der Waals surface area contributed by atoms with E-state index in [1.165, 1.54) is 36.2 Å². The number of nitrogens with one attached hydrogen (secondary N) is 2. The highest BCUT2D eigenvalue weighted by Crippen LogP contribution is 2.61. The molecule has 11 heteroatoms. The smallest absolute Gasteiger partial charge is 0.238 e. The summed E-state index contributed by atoms with van der Waals surface area (Å²) in [7, 11) is 2.94. The number of para-hydroxylation sites is 2. The normalized spacial score (nSPS) is 23.7. The van der Waals surface area contributed by atoms with Gasteiger partial charge in [-0.05, 0) is 91.6 Å². The lowest BCUT2D eigenvalue weighted by Gasteiger charge is -2.44. The fraction of sp³-hybridized carbons (Fsp3) is 0.217. The van der Waals surface area contributed by atoms with Crippen molar-refractivity contribution < 1.29 is 33.8 Å². The number of nitrogens with zero attached hydrogens (tertiary/aromatic N) is 2. The summed E-state index contributed by atoms with van der Waals surface area (Å²) in [6, 6.07) is 36.6. The second kappa shape index (κ2) is 14.3. The minimum Gasteiger partial charge on any atom is -0.508 e. The fourth-order valence-corrected chi connectivity index (χ4v) is 9.41. The summed E-state index contributed by atoms with van der Waals surface area (Å²) in [6.07, 6.45) is 2.46. The van der Waals surface area contributed by atoms with Gasteiger partial charge >= 0.3 is 0 Å². The maximum atomic E-state index is 14.8. The van der Waals surface area contributed by atoms with Crippen molar-refractivity contribution in [3.05, 3.63) is 139 Å². The van der Waals surface area contributed by atoms with Crippen molar-refractivity contribution in [2.75, 3.05) is 34.7 Å². The van der Waals surface area contributed by atoms with E-state index in [1.807, 2.05) is 91.0 Å². The molecule has 2 heterocycles. The van der Waals surface area contributed by atoms with Crippen molar-refractivity contribution in [1.29, 1.82) is 0 Å². The van der Waals surface area contributed by atoms with E-state index in [2.05, 4.69) is 10.6 Å². The molecule has 5 aromatic rings. The highest BCUT2D eigenvalue weighted by Gasteiger charge is 2.63. The molecule has 0 spiro atoms. The molecule has 5 aromatic carbocycles. The number of amides is 4. The quantitative estimate of drug-likeness (QED) is 0.101. The van der Waals surface area contributed by atoms with Gasteiger partial charge in [-0.1, -0.05) is 48.0 Å². The van der Waals surface area contributed by atoms with Crippen LogP contribution in [-0.2, 0) is 19.2 Å². The number of ether oxygens (including phenoxy) is 2. The first kappa shape index (κ1) is 35.8. The van der Waals surface area contributed by atoms with Gasteiger partial charge in [0.1, 0.15) is 17.2 Å². The van der Waals surface area contributed by atoms with E-state index in [0.29, 0.717) is 16.9 Å². The molecule has 286 valence electrons. The largest absolute Gasteiger partial charge is 0.508 e. The first-order valence-corrected chi connectivity index (χ1v) is 19.0. The van der Waals surface area contributed by atoms with Gasteiger partial charge in [-0.3, -0.25) is 29.0 Å². The molecular formula is C46H40N4O7. The summed E-state index contributed by atoms with van der Waals surface area (Å²) in [4.78, 5) is 60.7. The van der Waals surface area contributed by atoms with Gasteiger partial charge < -0.3 is 25.2 Å². The van der Waals surface area contributed by atoms with Crippen molar-refractivity contribution in [2.24, 2.45) is 29.6 Å². The van der Waals surface area contributed by atoms with Crippen LogP contribution in [0.2, 0.25) is 0 Å². The topological polar surface area (TPSA) is 138 Å². The number of imide groups is 2. The molecule has 57 heavy (non-hydrogen) atoms. The molecule has 6 atom stereocenters. The Morgan fingerprint density at radius 3 is 1.51 bits per heavy atom. The SMILES string of the molecule is COc1cc(O)cc(OC)c1[C@H]1C2=CC[C@@H]3C(=O)N(c4ccc(Nc5ccccc5)cc4)C(=O)[C@@H]3[C@@H]2C[C@H]2C(=O)N(c3ccc(Nc4ccccc4)cc3)C(=O)[C@@H]12. The monoisotopic (exact) mass is 760 g/mol. The molecule has 0 radical (unpaired) electrons. The van der Waals surface area contributed by atoms with E-state index in [0.717, 1.165) is 28.3 Å². The Labute approximate surface area is 329 Å². The zero-order chi connectivity index (χ0) is 39.4. The molecule has 3 N–H and O–H groups in total. The molecule has 2 saturated heterocycles. The number of hydrogen-bond donors (Lipinski definition) is 3. The van der Waals surface area contributed by atoms with Crippen LogP contribution in [0.5, 0.6) is 17.2 Å². The molecule has 9 rings (SSSR count). The van der Waals surface area contributed by atoms with Crippen LogP contribution < -0.4 is 29.9 Å². The predicted molar refractivity (Wildman–Crippen MR) is 216 cm³/mol. The van der Waals surface area contributed by atoms with Crippen LogP contribution in [-0.4, -0.2) is 43.0 Å². The van der Waals surface area contributed by atoms with Gasteiger partial charge in [0.2, 0.25) is 23.6 Å². The molecule has 1 saturated carbocycles. The van der Waals surface area contributed by atoms with Crippen LogP contribution in [0.25, 0.3) is 0 Å². The predicted octanol–water partition coefficient (Wildman–Crippen LogP) is 7.94. The number of hydrogen-bond acceptors (Lipinski definition) is 9. The summed E-state index contributed by atoms with van der Waals surface area (Å²) < 4.78 is 11.6. The van der Waals surface area contributed by atoms with Gasteiger partial charge in [-0.25, -0.2) is 0 Å². The van der Waals surface area contributed by atoms with E-state index < -0.39 is 35.5 Å². The van der Waals surface area contributed by atoms with Gasteiger partial charge in [0.25, 0.3) is 0 Å². The van der Waals surface area contributed by atoms with Crippen molar-refractivity contribution in [3.8, 4) is 17.2 Å². The lowest BCUT2D eigenvalue weighted by atomic mass is 9.57. The van der Waals surface area contributed by atoms with Crippen molar-refractivity contribution in [2.45, 2.75) is 18.8 Å². The number of carbonyl (C=O) groups is 4. The van der Waals surface area contributed by atoms with E-state index in [4.69, 9.17) is 9.47 Å². The number of benzene rings is 5. The lowest BCUT2D eigenvalue weighted by Crippen LogP contribution is -2.43. The lowest BCUT2D eigenvalue weighted by molar-refractivity contribution is -0.126. The number of methoxy groups -OCH3 is 2. The molecule has 4 aliphatic rings. The Bertz CT molecular complexity index is 2390. The zero-order valence-electron chi connectivity index (χ0n) is 31.3. The summed E-state index contributed by atoms with van der Waals surface area (Å²) >= 11 is 0. The average molecular weight is 761 g/mol. The Balaban J connectivity index is 1.08. The Kier molecular flexibility index (Phi) is 8.99. The van der Waals surface area contributed by atoms with E-state index in [-0.39, 0.29) is 53.7 Å². The average Bonchev–Trinajstić information content (AvgIpc) is 3.64. The second-order valence-corrected chi connectivity index (χ2v) is 14.9. The zero-order valence-corrected chi connectivity index (χ0v) is 31.3. The third-order valence-electron chi connectivity index (χ3n) is 11.9. The number of phenolic OH excluding ortho intramolecular Hbond substituents is 1. The van der Waals surface area contributed by atoms with Gasteiger partial charge in [-0.15, -0.1) is 0 Å².